The number of nitrogens with zero attached hydrogens (tertiary/aromatic N) is 5. The summed E-state index contributed by atoms with van der Waals surface area (Å²) in [6.45, 7) is 5.59. The van der Waals surface area contributed by atoms with Gasteiger partial charge < -0.3 is 15.0 Å². The van der Waals surface area contributed by atoms with Gasteiger partial charge in [-0.3, -0.25) is 9.80 Å². The molecular weight excluding hydrogens is 540 g/mol. The molecule has 39 heavy (non-hydrogen) atoms. The van der Waals surface area contributed by atoms with Gasteiger partial charge in [0.05, 0.1) is 16.3 Å². The van der Waals surface area contributed by atoms with Crippen molar-refractivity contribution in [1.82, 2.24) is 14.9 Å². The molecule has 1 saturated heterocycles. The number of hydrogen-bond donors (Lipinski definition) is 1. The third-order valence-electron chi connectivity index (χ3n) is 6.62. The predicted molar refractivity (Wildman–Crippen MR) is 141 cm³/mol. The molecule has 2 heterocycles. The van der Waals surface area contributed by atoms with Crippen LogP contribution in [-0.2, 0) is 6.18 Å². The lowest BCUT2D eigenvalue weighted by Crippen LogP contribution is -2.55. The van der Waals surface area contributed by atoms with Crippen LogP contribution in [0.3, 0.4) is 0 Å². The average molecular weight is 567 g/mol. The zero-order chi connectivity index (χ0) is 28.5. The van der Waals surface area contributed by atoms with Crippen molar-refractivity contribution < 1.29 is 27.1 Å². The van der Waals surface area contributed by atoms with E-state index >= 15 is 4.39 Å². The molecule has 1 aromatic heterocycles. The number of amides is 1. The maximum atomic E-state index is 15.1. The van der Waals surface area contributed by atoms with Crippen LogP contribution in [-0.4, -0.2) is 60.2 Å². The minimum Gasteiger partial charge on any atom is -0.408 e. The van der Waals surface area contributed by atoms with E-state index in [0.29, 0.717) is 30.5 Å². The summed E-state index contributed by atoms with van der Waals surface area (Å²) in [4.78, 5) is 26.2. The molecule has 1 N–H and O–H groups in total. The van der Waals surface area contributed by atoms with E-state index in [0.717, 1.165) is 17.0 Å². The van der Waals surface area contributed by atoms with Gasteiger partial charge in [0.25, 0.3) is 0 Å². The van der Waals surface area contributed by atoms with E-state index in [1.165, 1.54) is 25.4 Å². The highest BCUT2D eigenvalue weighted by Gasteiger charge is 2.32. The molecule has 0 spiro atoms. The van der Waals surface area contributed by atoms with Crippen molar-refractivity contribution in [3.8, 4) is 5.75 Å². The van der Waals surface area contributed by atoms with Crippen molar-refractivity contribution in [2.24, 2.45) is 0 Å². The topological polar surface area (TPSA) is 73.8 Å². The van der Waals surface area contributed by atoms with E-state index in [2.05, 4.69) is 41.1 Å². The Morgan fingerprint density at radius 2 is 1.82 bits per heavy atom. The van der Waals surface area contributed by atoms with Gasteiger partial charge in [0.1, 0.15) is 11.6 Å². The quantitative estimate of drug-likeness (QED) is 0.369. The number of ether oxygens (including phenoxy) is 1. The number of hydrogen-bond acceptors (Lipinski definition) is 7. The van der Waals surface area contributed by atoms with Gasteiger partial charge in [0.2, 0.25) is 5.95 Å². The molecule has 4 rings (SSSR count). The Morgan fingerprint density at radius 1 is 1.13 bits per heavy atom. The van der Waals surface area contributed by atoms with E-state index in [1.54, 1.807) is 12.1 Å². The first-order valence-corrected chi connectivity index (χ1v) is 12.4. The summed E-state index contributed by atoms with van der Waals surface area (Å²) in [6, 6.07) is 9.10. The third kappa shape index (κ3) is 6.51. The number of piperazine rings is 1. The van der Waals surface area contributed by atoms with Crippen LogP contribution in [0.4, 0.5) is 45.5 Å². The average Bonchev–Trinajstić information content (AvgIpc) is 2.87. The molecule has 1 aliphatic heterocycles. The molecule has 2 atom stereocenters. The summed E-state index contributed by atoms with van der Waals surface area (Å²) in [5.74, 6) is -0.703. The largest absolute Gasteiger partial charge is 0.420 e. The highest BCUT2D eigenvalue weighted by Crippen LogP contribution is 2.35. The Balaban J connectivity index is 1.46. The third-order valence-corrected chi connectivity index (χ3v) is 6.93. The van der Waals surface area contributed by atoms with Crippen LogP contribution in [0.25, 0.3) is 0 Å². The van der Waals surface area contributed by atoms with Crippen LogP contribution in [0.15, 0.2) is 48.7 Å². The molecule has 0 bridgehead atoms. The summed E-state index contributed by atoms with van der Waals surface area (Å²) < 4.78 is 59.2. The standard InChI is InChI=1S/C26H27ClF4N6O2/c1-15-13-37(14-16(2)35(15)3)21-8-6-18(12-20(21)28)33-24-32-10-9-23(34-24)36(4)25(38)39-22-11-17(26(29,30)31)5-7-19(22)27/h5-12,15-16H,13-14H2,1-4H3,(H,32,33,34)/t15-,16+. The number of nitrogens with one attached hydrogen (secondary N) is 1. The molecule has 1 amide bonds. The number of carbonyl (C=O) groups excluding carboxylic acids is 1. The van der Waals surface area contributed by atoms with E-state index < -0.39 is 29.4 Å². The van der Waals surface area contributed by atoms with Crippen molar-refractivity contribution in [1.29, 1.82) is 0 Å². The first-order valence-electron chi connectivity index (χ1n) is 12.0. The number of alkyl halides is 3. The molecule has 13 heteroatoms. The summed E-state index contributed by atoms with van der Waals surface area (Å²) in [5.41, 5.74) is -0.122. The van der Waals surface area contributed by atoms with Crippen LogP contribution in [0.5, 0.6) is 5.75 Å². The van der Waals surface area contributed by atoms with Crippen LogP contribution < -0.4 is 19.9 Å². The van der Waals surface area contributed by atoms with Gasteiger partial charge in [0.15, 0.2) is 5.75 Å². The second-order valence-electron chi connectivity index (χ2n) is 9.37. The maximum Gasteiger partial charge on any atom is 0.420 e. The lowest BCUT2D eigenvalue weighted by Gasteiger charge is -2.43. The molecular formula is C26H27ClF4N6O2. The van der Waals surface area contributed by atoms with Gasteiger partial charge in [0, 0.05) is 44.1 Å². The molecule has 208 valence electrons. The van der Waals surface area contributed by atoms with Gasteiger partial charge in [-0.1, -0.05) is 11.6 Å². The van der Waals surface area contributed by atoms with Gasteiger partial charge >= 0.3 is 12.3 Å². The summed E-state index contributed by atoms with van der Waals surface area (Å²) in [5, 5.41) is 2.74. The highest BCUT2D eigenvalue weighted by molar-refractivity contribution is 6.32. The predicted octanol–water partition coefficient (Wildman–Crippen LogP) is 6.20. The van der Waals surface area contributed by atoms with E-state index in [4.69, 9.17) is 16.3 Å². The zero-order valence-corrected chi connectivity index (χ0v) is 22.4. The lowest BCUT2D eigenvalue weighted by molar-refractivity contribution is -0.137. The fraction of sp³-hybridized carbons (Fsp3) is 0.346. The molecule has 0 radical (unpaired) electrons. The van der Waals surface area contributed by atoms with Gasteiger partial charge in [-0.05, 0) is 63.4 Å². The van der Waals surface area contributed by atoms with E-state index in [-0.39, 0.29) is 28.9 Å². The van der Waals surface area contributed by atoms with Crippen molar-refractivity contribution >= 4 is 40.8 Å². The number of anilines is 4. The van der Waals surface area contributed by atoms with E-state index in [1.807, 2.05) is 4.90 Å². The van der Waals surface area contributed by atoms with Crippen molar-refractivity contribution in [3.05, 3.63) is 65.1 Å². The summed E-state index contributed by atoms with van der Waals surface area (Å²) in [7, 11) is 3.38. The van der Waals surface area contributed by atoms with Gasteiger partial charge in [-0.2, -0.15) is 18.2 Å². The fourth-order valence-electron chi connectivity index (χ4n) is 4.18. The Kier molecular flexibility index (Phi) is 8.17. The molecule has 1 fully saturated rings. The number of halogens is 5. The lowest BCUT2D eigenvalue weighted by atomic mass is 10.1. The number of likely N-dealkylation sites (N-methyl/N-ethyl adjacent to an activating group) is 1. The van der Waals surface area contributed by atoms with Crippen LogP contribution in [0, 0.1) is 5.82 Å². The second kappa shape index (κ2) is 11.2. The molecule has 3 aromatic rings. The second-order valence-corrected chi connectivity index (χ2v) is 9.78. The number of aromatic nitrogens is 2. The SMILES string of the molecule is C[C@@H]1CN(c2ccc(Nc3nccc(N(C)C(=O)Oc4cc(C(F)(F)F)ccc4Cl)n3)cc2F)C[C@H](C)N1C. The maximum absolute atomic E-state index is 15.1. The molecule has 8 nitrogen and oxygen atoms in total. The first kappa shape index (κ1) is 28.4. The van der Waals surface area contributed by atoms with Crippen molar-refractivity contribution in [2.75, 3.05) is 42.3 Å². The summed E-state index contributed by atoms with van der Waals surface area (Å²) in [6.07, 6.45) is -4.29. The Morgan fingerprint density at radius 3 is 2.46 bits per heavy atom. The zero-order valence-electron chi connectivity index (χ0n) is 21.6. The minimum atomic E-state index is -4.64. The van der Waals surface area contributed by atoms with E-state index in [9.17, 15) is 18.0 Å². The van der Waals surface area contributed by atoms with Crippen molar-refractivity contribution in [3.63, 3.8) is 0 Å². The molecule has 2 aromatic carbocycles. The minimum absolute atomic E-state index is 0.0678. The monoisotopic (exact) mass is 566 g/mol. The molecule has 0 saturated carbocycles. The molecule has 1 aliphatic rings. The Labute approximate surface area is 228 Å². The molecule has 0 aliphatic carbocycles. The van der Waals surface area contributed by atoms with Gasteiger partial charge in [-0.25, -0.2) is 14.2 Å². The fourth-order valence-corrected chi connectivity index (χ4v) is 4.34. The number of carbonyl (C=O) groups is 1. The Bertz CT molecular complexity index is 1350. The van der Waals surface area contributed by atoms with Gasteiger partial charge in [-0.15, -0.1) is 0 Å². The number of rotatable bonds is 5. The Hall–Kier alpha value is -3.64. The highest BCUT2D eigenvalue weighted by atomic mass is 35.5. The van der Waals surface area contributed by atoms with Crippen LogP contribution >= 0.6 is 11.6 Å². The van der Waals surface area contributed by atoms with Crippen LogP contribution in [0.2, 0.25) is 5.02 Å². The van der Waals surface area contributed by atoms with Crippen LogP contribution in [0.1, 0.15) is 19.4 Å². The molecule has 0 unspecified atom stereocenters. The van der Waals surface area contributed by atoms with Crippen molar-refractivity contribution in [2.45, 2.75) is 32.1 Å². The number of benzene rings is 2. The first-order chi connectivity index (χ1) is 18.3. The normalized spacial score (nSPS) is 18.1. The summed E-state index contributed by atoms with van der Waals surface area (Å²) >= 11 is 5.92. The smallest absolute Gasteiger partial charge is 0.408 e.